The monoisotopic (exact) mass is 368 g/mol. The highest BCUT2D eigenvalue weighted by atomic mass is 32.2. The summed E-state index contributed by atoms with van der Waals surface area (Å²) in [4.78, 5) is 29.2. The molecule has 0 saturated carbocycles. The minimum Gasteiger partial charge on any atom is -0.320 e. The second-order valence-electron chi connectivity index (χ2n) is 5.75. The van der Waals surface area contributed by atoms with Crippen LogP contribution in [0.4, 0.5) is 5.69 Å². The molecule has 0 fully saturated rings. The fourth-order valence-electron chi connectivity index (χ4n) is 2.59. The molecule has 0 aliphatic rings. The van der Waals surface area contributed by atoms with Crippen LogP contribution in [0.5, 0.6) is 0 Å². The number of pyridine rings is 1. The standard InChI is InChI=1S/C19H20N4O2S/c1-14-18(19(25)23(22(14)2)15-8-4-3-5-9-15)21-16(24)11-13-26-17-10-6-7-12-20-17/h3-10,12H,11,13H2,1-2H3,(H,21,24). The molecule has 134 valence electrons. The van der Waals surface area contributed by atoms with Crippen molar-refractivity contribution >= 4 is 23.4 Å². The van der Waals surface area contributed by atoms with Crippen molar-refractivity contribution in [3.05, 3.63) is 70.8 Å². The maximum atomic E-state index is 12.8. The average Bonchev–Trinajstić information content (AvgIpc) is 2.87. The topological polar surface area (TPSA) is 68.9 Å². The number of thioether (sulfide) groups is 1. The minimum atomic E-state index is -0.234. The third-order valence-corrected chi connectivity index (χ3v) is 4.98. The van der Waals surface area contributed by atoms with Gasteiger partial charge in [-0.05, 0) is 31.2 Å². The lowest BCUT2D eigenvalue weighted by molar-refractivity contribution is -0.115. The Labute approximate surface area is 155 Å². The molecular formula is C19H20N4O2S. The number of aromatic nitrogens is 3. The van der Waals surface area contributed by atoms with Gasteiger partial charge in [-0.3, -0.25) is 14.3 Å². The predicted molar refractivity (Wildman–Crippen MR) is 104 cm³/mol. The van der Waals surface area contributed by atoms with E-state index in [-0.39, 0.29) is 11.5 Å². The van der Waals surface area contributed by atoms with Crippen LogP contribution >= 0.6 is 11.8 Å². The van der Waals surface area contributed by atoms with E-state index in [1.807, 2.05) is 55.5 Å². The zero-order valence-corrected chi connectivity index (χ0v) is 15.5. The van der Waals surface area contributed by atoms with E-state index >= 15 is 0 Å². The van der Waals surface area contributed by atoms with Crippen molar-refractivity contribution in [1.82, 2.24) is 14.3 Å². The van der Waals surface area contributed by atoms with Gasteiger partial charge in [-0.15, -0.1) is 11.8 Å². The summed E-state index contributed by atoms with van der Waals surface area (Å²) in [6.07, 6.45) is 2.03. The van der Waals surface area contributed by atoms with Gasteiger partial charge >= 0.3 is 0 Å². The number of amides is 1. The number of para-hydroxylation sites is 1. The van der Waals surface area contributed by atoms with Crippen LogP contribution in [0.2, 0.25) is 0 Å². The Hall–Kier alpha value is -2.80. The van der Waals surface area contributed by atoms with Crippen molar-refractivity contribution in [1.29, 1.82) is 0 Å². The van der Waals surface area contributed by atoms with Crippen LogP contribution in [0.15, 0.2) is 64.5 Å². The quantitative estimate of drug-likeness (QED) is 0.679. The van der Waals surface area contributed by atoms with Gasteiger partial charge in [-0.2, -0.15) is 0 Å². The van der Waals surface area contributed by atoms with Crippen molar-refractivity contribution in [2.45, 2.75) is 18.4 Å². The second-order valence-corrected chi connectivity index (χ2v) is 6.87. The fourth-order valence-corrected chi connectivity index (χ4v) is 3.40. The highest BCUT2D eigenvalue weighted by molar-refractivity contribution is 7.99. The highest BCUT2D eigenvalue weighted by Gasteiger charge is 2.17. The van der Waals surface area contributed by atoms with Crippen molar-refractivity contribution < 1.29 is 4.79 Å². The number of nitrogens with zero attached hydrogens (tertiary/aromatic N) is 3. The summed E-state index contributed by atoms with van der Waals surface area (Å²) in [6, 6.07) is 15.0. The van der Waals surface area contributed by atoms with E-state index in [1.54, 1.807) is 22.6 Å². The number of benzene rings is 1. The number of rotatable bonds is 6. The zero-order valence-electron chi connectivity index (χ0n) is 14.7. The normalized spacial score (nSPS) is 10.7. The van der Waals surface area contributed by atoms with E-state index in [9.17, 15) is 9.59 Å². The van der Waals surface area contributed by atoms with Crippen molar-refractivity contribution in [2.24, 2.45) is 7.05 Å². The molecule has 0 atom stereocenters. The fraction of sp³-hybridized carbons (Fsp3) is 0.211. The van der Waals surface area contributed by atoms with Gasteiger partial charge in [-0.1, -0.05) is 24.3 Å². The number of hydrogen-bond acceptors (Lipinski definition) is 4. The van der Waals surface area contributed by atoms with Crippen LogP contribution in [-0.2, 0) is 11.8 Å². The number of anilines is 1. The zero-order chi connectivity index (χ0) is 18.5. The summed E-state index contributed by atoms with van der Waals surface area (Å²) >= 11 is 1.51. The maximum absolute atomic E-state index is 12.8. The van der Waals surface area contributed by atoms with Crippen LogP contribution in [0.3, 0.4) is 0 Å². The molecule has 1 amide bonds. The van der Waals surface area contributed by atoms with Crippen LogP contribution in [-0.4, -0.2) is 26.0 Å². The number of nitrogens with one attached hydrogen (secondary N) is 1. The third kappa shape index (κ3) is 3.88. The first-order valence-corrected chi connectivity index (χ1v) is 9.24. The van der Waals surface area contributed by atoms with Crippen molar-refractivity contribution in [3.8, 4) is 5.69 Å². The van der Waals surface area contributed by atoms with Gasteiger partial charge < -0.3 is 5.32 Å². The largest absolute Gasteiger partial charge is 0.320 e. The van der Waals surface area contributed by atoms with Gasteiger partial charge in [0, 0.05) is 25.4 Å². The Bertz CT molecular complexity index is 949. The van der Waals surface area contributed by atoms with Crippen LogP contribution in [0, 0.1) is 6.92 Å². The maximum Gasteiger partial charge on any atom is 0.295 e. The smallest absolute Gasteiger partial charge is 0.295 e. The molecule has 0 bridgehead atoms. The van der Waals surface area contributed by atoms with Crippen LogP contribution < -0.4 is 10.9 Å². The summed E-state index contributed by atoms with van der Waals surface area (Å²) in [5, 5.41) is 3.65. The Balaban J connectivity index is 1.70. The summed E-state index contributed by atoms with van der Waals surface area (Å²) < 4.78 is 3.30. The first-order chi connectivity index (χ1) is 12.6. The second kappa shape index (κ2) is 8.05. The molecule has 0 radical (unpaired) electrons. The van der Waals surface area contributed by atoms with Crippen LogP contribution in [0.25, 0.3) is 5.69 Å². The Morgan fingerprint density at radius 1 is 1.15 bits per heavy atom. The van der Waals surface area contributed by atoms with Gasteiger partial charge in [-0.25, -0.2) is 9.67 Å². The highest BCUT2D eigenvalue weighted by Crippen LogP contribution is 2.17. The average molecular weight is 368 g/mol. The molecule has 7 heteroatoms. The lowest BCUT2D eigenvalue weighted by atomic mass is 10.3. The molecule has 2 heterocycles. The number of carbonyl (C=O) groups is 1. The Morgan fingerprint density at radius 2 is 1.88 bits per heavy atom. The lowest BCUT2D eigenvalue weighted by Crippen LogP contribution is -2.23. The van der Waals surface area contributed by atoms with Gasteiger partial charge in [0.2, 0.25) is 5.91 Å². The first-order valence-electron chi connectivity index (χ1n) is 8.25. The number of carbonyl (C=O) groups excluding carboxylic acids is 1. The molecule has 0 spiro atoms. The van der Waals surface area contributed by atoms with Crippen LogP contribution in [0.1, 0.15) is 12.1 Å². The third-order valence-electron chi connectivity index (χ3n) is 4.04. The van der Waals surface area contributed by atoms with Crippen molar-refractivity contribution in [2.75, 3.05) is 11.1 Å². The molecule has 1 aromatic carbocycles. The van der Waals surface area contributed by atoms with Gasteiger partial charge in [0.1, 0.15) is 5.69 Å². The molecule has 26 heavy (non-hydrogen) atoms. The summed E-state index contributed by atoms with van der Waals surface area (Å²) in [5.41, 5.74) is 1.56. The SMILES string of the molecule is Cc1c(NC(=O)CCSc2ccccn2)c(=O)n(-c2ccccc2)n1C. The molecule has 3 rings (SSSR count). The van der Waals surface area contributed by atoms with E-state index in [1.165, 1.54) is 11.8 Å². The first kappa shape index (κ1) is 18.0. The lowest BCUT2D eigenvalue weighted by Gasteiger charge is -2.07. The molecular weight excluding hydrogens is 348 g/mol. The van der Waals surface area contributed by atoms with Gasteiger partial charge in [0.05, 0.1) is 16.4 Å². The molecule has 6 nitrogen and oxygen atoms in total. The minimum absolute atomic E-state index is 0.181. The van der Waals surface area contributed by atoms with Crippen molar-refractivity contribution in [3.63, 3.8) is 0 Å². The summed E-state index contributed by atoms with van der Waals surface area (Å²) in [6.45, 7) is 1.82. The molecule has 0 saturated heterocycles. The van der Waals surface area contributed by atoms with E-state index in [0.717, 1.165) is 10.7 Å². The Morgan fingerprint density at radius 3 is 2.58 bits per heavy atom. The molecule has 0 aliphatic heterocycles. The summed E-state index contributed by atoms with van der Waals surface area (Å²) in [5.74, 6) is 0.418. The van der Waals surface area contributed by atoms with Gasteiger partial charge in [0.15, 0.2) is 0 Å². The van der Waals surface area contributed by atoms with Gasteiger partial charge in [0.25, 0.3) is 5.56 Å². The molecule has 1 N–H and O–H groups in total. The predicted octanol–water partition coefficient (Wildman–Crippen LogP) is 3.00. The van der Waals surface area contributed by atoms with E-state index in [4.69, 9.17) is 0 Å². The Kier molecular flexibility index (Phi) is 5.58. The number of hydrogen-bond donors (Lipinski definition) is 1. The molecule has 2 aromatic heterocycles. The van der Waals surface area contributed by atoms with E-state index in [0.29, 0.717) is 23.6 Å². The molecule has 0 unspecified atom stereocenters. The molecule has 3 aromatic rings. The van der Waals surface area contributed by atoms with E-state index in [2.05, 4.69) is 10.3 Å². The summed E-state index contributed by atoms with van der Waals surface area (Å²) in [7, 11) is 1.80. The molecule has 0 aliphatic carbocycles. The van der Waals surface area contributed by atoms with E-state index < -0.39 is 0 Å².